The number of rotatable bonds is 10. The second-order valence-electron chi connectivity index (χ2n) is 23.6. The van der Waals surface area contributed by atoms with Crippen LogP contribution in [0.25, 0.3) is 0 Å². The number of hydrogen-bond acceptors (Lipinski definition) is 17. The number of hydrogen-bond donors (Lipinski definition) is 7. The van der Waals surface area contributed by atoms with E-state index < -0.39 is 115 Å². The first-order chi connectivity index (χ1) is 31.8. The molecule has 0 radical (unpaired) electrons. The summed E-state index contributed by atoms with van der Waals surface area (Å²) in [7, 11) is 0. The minimum Gasteiger partial charge on any atom is -0.481 e. The van der Waals surface area contributed by atoms with Crippen LogP contribution >= 0.6 is 0 Å². The lowest BCUT2D eigenvalue weighted by atomic mass is 9.33. The minimum absolute atomic E-state index is 0.00775. The van der Waals surface area contributed by atoms with Crippen molar-refractivity contribution in [3.05, 3.63) is 11.6 Å². The Hall–Kier alpha value is -2.33. The zero-order valence-electron chi connectivity index (χ0n) is 41.2. The second-order valence-corrected chi connectivity index (χ2v) is 23.6. The van der Waals surface area contributed by atoms with E-state index in [1.54, 1.807) is 0 Å². The lowest BCUT2D eigenvalue weighted by Crippen LogP contribution is -2.67. The van der Waals surface area contributed by atoms with Gasteiger partial charge in [0, 0.05) is 19.3 Å². The Morgan fingerprint density at radius 2 is 1.35 bits per heavy atom. The summed E-state index contributed by atoms with van der Waals surface area (Å²) < 4.78 is 47.2. The Labute approximate surface area is 399 Å². The van der Waals surface area contributed by atoms with Crippen molar-refractivity contribution in [2.75, 3.05) is 19.8 Å². The summed E-state index contributed by atoms with van der Waals surface area (Å²) >= 11 is 0. The zero-order chi connectivity index (χ0) is 49.7. The molecule has 0 bridgehead atoms. The van der Waals surface area contributed by atoms with E-state index in [0.29, 0.717) is 19.3 Å². The summed E-state index contributed by atoms with van der Waals surface area (Å²) in [6, 6.07) is 0. The highest BCUT2D eigenvalue weighted by molar-refractivity contribution is 5.76. The Balaban J connectivity index is 1.01. The molecule has 8 aliphatic rings. The maximum absolute atomic E-state index is 13.2. The summed E-state index contributed by atoms with van der Waals surface area (Å²) in [5.41, 5.74) is -0.647. The summed E-state index contributed by atoms with van der Waals surface area (Å²) in [5.74, 6) is -1.93. The third-order valence-corrected chi connectivity index (χ3v) is 19.3. The number of aliphatic hydroxyl groups excluding tert-OH is 6. The quantitative estimate of drug-likeness (QED) is 0.0942. The van der Waals surface area contributed by atoms with E-state index in [1.807, 2.05) is 6.92 Å². The van der Waals surface area contributed by atoms with E-state index in [1.165, 1.54) is 12.5 Å². The van der Waals surface area contributed by atoms with Gasteiger partial charge in [-0.3, -0.25) is 14.4 Å². The van der Waals surface area contributed by atoms with E-state index in [0.717, 1.165) is 58.8 Å². The first-order valence-corrected chi connectivity index (χ1v) is 24.9. The van der Waals surface area contributed by atoms with Crippen molar-refractivity contribution in [2.45, 2.75) is 213 Å². The standard InChI is InChI=1S/C50H78O18/c1-24-34(55)38(67-43-40(65-26(3)53)36(57)30(22-62-43)64-25(2)52)37(58)41(63-24)68-39-35(56)29(54)21-61-42(39)66-33-13-14-46(6)31(47(33,7)23-51)12-15-49(9)32(46)11-10-27-28-20-45(4,5)16-18-50(28,44(59)60)19-17-48(27,49)8/h10,24,28-43,51,54-58H,11-23H2,1-9H3,(H,59,60)/t24-,28-,29-,30+,31+,32+,33-,34-,35-,36-,37+,38+,39+,40+,41-,42-,43-,46-,47-,48+,49+,50?/m0/s1. The molecule has 0 amide bonds. The maximum atomic E-state index is 13.2. The molecule has 68 heavy (non-hydrogen) atoms. The fourth-order valence-corrected chi connectivity index (χ4v) is 15.1. The molecule has 8 rings (SSSR count). The highest BCUT2D eigenvalue weighted by atomic mass is 16.8. The normalized spacial score (nSPS) is 51.1. The highest BCUT2D eigenvalue weighted by Crippen LogP contribution is 2.76. The molecule has 7 N–H and O–H groups in total. The number of aliphatic carboxylic acids is 1. The van der Waals surface area contributed by atoms with E-state index in [9.17, 15) is 50.1 Å². The molecule has 0 aromatic heterocycles. The number of ether oxygens (including phenoxy) is 8. The first kappa shape index (κ1) is 52.0. The molecule has 3 aliphatic heterocycles. The fourth-order valence-electron chi connectivity index (χ4n) is 15.1. The predicted octanol–water partition coefficient (Wildman–Crippen LogP) is 3.13. The zero-order valence-corrected chi connectivity index (χ0v) is 41.2. The van der Waals surface area contributed by atoms with Gasteiger partial charge in [-0.2, -0.15) is 0 Å². The molecule has 3 heterocycles. The SMILES string of the molecule is CC(=O)O[C@H]1[C@H](O[C@@H]2[C@@H](O)[C@H](C)O[C@@H](O[C@H]3[C@H](O[C@H]4CC[C@@]5(C)[C@@H](CC[C@]6(C)[C@@H]5CC=C5[C@@H]7CC(C)(C)CCC7(C(=O)O)CC[C@]56C)[C@]4(C)CO)OC[C@H](O)[C@@H]3O)[C@@H]2O)OC[C@@H](OC(C)=O)[C@@H]1O. The van der Waals surface area contributed by atoms with Gasteiger partial charge in [0.25, 0.3) is 0 Å². The molecule has 22 atom stereocenters. The average Bonchev–Trinajstić information content (AvgIpc) is 3.26. The van der Waals surface area contributed by atoms with Crippen LogP contribution in [-0.4, -0.2) is 159 Å². The van der Waals surface area contributed by atoms with Gasteiger partial charge >= 0.3 is 17.9 Å². The van der Waals surface area contributed by atoms with Gasteiger partial charge in [-0.25, -0.2) is 0 Å². The van der Waals surface area contributed by atoms with Crippen molar-refractivity contribution in [3.63, 3.8) is 0 Å². The monoisotopic (exact) mass is 967 g/mol. The second kappa shape index (κ2) is 18.6. The topological polar surface area (TPSA) is 267 Å². The molecule has 1 unspecified atom stereocenters. The highest BCUT2D eigenvalue weighted by Gasteiger charge is 2.70. The van der Waals surface area contributed by atoms with E-state index in [4.69, 9.17) is 37.9 Å². The Morgan fingerprint density at radius 3 is 2.01 bits per heavy atom. The van der Waals surface area contributed by atoms with Crippen molar-refractivity contribution < 1.29 is 88.0 Å². The molecule has 5 aliphatic carbocycles. The molecule has 7 fully saturated rings. The lowest BCUT2D eigenvalue weighted by Gasteiger charge is -2.71. The number of carboxylic acid groups (broad SMARTS) is 1. The van der Waals surface area contributed by atoms with Crippen LogP contribution in [0.15, 0.2) is 11.6 Å². The van der Waals surface area contributed by atoms with Gasteiger partial charge in [0.15, 0.2) is 31.1 Å². The van der Waals surface area contributed by atoms with Crippen LogP contribution in [0.2, 0.25) is 0 Å². The average molecular weight is 967 g/mol. The maximum Gasteiger partial charge on any atom is 0.310 e. The van der Waals surface area contributed by atoms with Crippen molar-refractivity contribution in [3.8, 4) is 0 Å². The van der Waals surface area contributed by atoms with Crippen molar-refractivity contribution in [2.24, 2.45) is 50.2 Å². The van der Waals surface area contributed by atoms with Crippen LogP contribution in [0.3, 0.4) is 0 Å². The third kappa shape index (κ3) is 8.49. The smallest absolute Gasteiger partial charge is 0.310 e. The fraction of sp³-hybridized carbons (Fsp3) is 0.900. The molecule has 0 spiro atoms. The Kier molecular flexibility index (Phi) is 14.2. The number of esters is 2. The van der Waals surface area contributed by atoms with Gasteiger partial charge in [-0.05, 0) is 111 Å². The van der Waals surface area contributed by atoms with Crippen LogP contribution < -0.4 is 0 Å². The number of carboxylic acids is 1. The molecule has 18 heteroatoms. The number of allylic oxidation sites excluding steroid dienone is 2. The minimum atomic E-state index is -1.80. The summed E-state index contributed by atoms with van der Waals surface area (Å²) in [6.07, 6.45) is -9.55. The molecule has 0 aromatic carbocycles. The number of carbonyl (C=O) groups excluding carboxylic acids is 2. The number of aliphatic hydroxyl groups is 6. The number of carbonyl (C=O) groups is 3. The predicted molar refractivity (Wildman–Crippen MR) is 238 cm³/mol. The molecular weight excluding hydrogens is 889 g/mol. The third-order valence-electron chi connectivity index (χ3n) is 19.3. The number of fused-ring (bicyclic) bond motifs is 7. The molecule has 0 aromatic rings. The van der Waals surface area contributed by atoms with Gasteiger partial charge in [0.05, 0.1) is 37.4 Å². The Bertz CT molecular complexity index is 1930. The van der Waals surface area contributed by atoms with Crippen molar-refractivity contribution in [1.29, 1.82) is 0 Å². The summed E-state index contributed by atoms with van der Waals surface area (Å²) in [5, 5.41) is 78.6. The van der Waals surface area contributed by atoms with E-state index >= 15 is 0 Å². The Morgan fingerprint density at radius 1 is 0.706 bits per heavy atom. The molecule has 3 saturated heterocycles. The summed E-state index contributed by atoms with van der Waals surface area (Å²) in [6.45, 7) is 16.7. The molecule has 386 valence electrons. The van der Waals surface area contributed by atoms with Gasteiger partial charge in [0.1, 0.15) is 42.7 Å². The van der Waals surface area contributed by atoms with Crippen molar-refractivity contribution >= 4 is 17.9 Å². The van der Waals surface area contributed by atoms with E-state index in [-0.39, 0.29) is 59.2 Å². The van der Waals surface area contributed by atoms with Crippen molar-refractivity contribution in [1.82, 2.24) is 0 Å². The van der Waals surface area contributed by atoms with Gasteiger partial charge < -0.3 is 73.6 Å². The lowest BCUT2D eigenvalue weighted by molar-refractivity contribution is -0.379. The van der Waals surface area contributed by atoms with Gasteiger partial charge in [-0.15, -0.1) is 0 Å². The molecule has 18 nitrogen and oxygen atoms in total. The summed E-state index contributed by atoms with van der Waals surface area (Å²) in [4.78, 5) is 36.9. The van der Waals surface area contributed by atoms with E-state index in [2.05, 4.69) is 40.7 Å². The van der Waals surface area contributed by atoms with Crippen LogP contribution in [-0.2, 0) is 52.3 Å². The molecular formula is C50H78O18. The van der Waals surface area contributed by atoms with Crippen LogP contribution in [0.1, 0.15) is 127 Å². The van der Waals surface area contributed by atoms with Gasteiger partial charge in [0.2, 0.25) is 0 Å². The first-order valence-electron chi connectivity index (χ1n) is 24.9. The largest absolute Gasteiger partial charge is 0.481 e. The van der Waals surface area contributed by atoms with Gasteiger partial charge in [-0.1, -0.05) is 53.2 Å². The van der Waals surface area contributed by atoms with Crippen LogP contribution in [0.4, 0.5) is 0 Å². The van der Waals surface area contributed by atoms with Crippen LogP contribution in [0.5, 0.6) is 0 Å². The van der Waals surface area contributed by atoms with Crippen LogP contribution in [0, 0.1) is 50.2 Å². The molecule has 4 saturated carbocycles.